The molecule has 2 aromatic heterocycles. The van der Waals surface area contributed by atoms with Crippen LogP contribution < -0.4 is 10.6 Å². The molecule has 0 amide bonds. The Morgan fingerprint density at radius 1 is 1.17 bits per heavy atom. The van der Waals surface area contributed by atoms with Crippen LogP contribution >= 0.6 is 11.8 Å². The van der Waals surface area contributed by atoms with E-state index in [2.05, 4.69) is 54.3 Å². The van der Waals surface area contributed by atoms with E-state index in [1.165, 1.54) is 11.1 Å². The van der Waals surface area contributed by atoms with E-state index in [0.29, 0.717) is 18.3 Å². The summed E-state index contributed by atoms with van der Waals surface area (Å²) in [4.78, 5) is 0. The minimum atomic E-state index is 0.303. The first-order chi connectivity index (χ1) is 14.0. The zero-order valence-electron chi connectivity index (χ0n) is 17.4. The van der Waals surface area contributed by atoms with Crippen LogP contribution in [-0.4, -0.2) is 30.4 Å². The lowest BCUT2D eigenvalue weighted by molar-refractivity contribution is 0.287. The van der Waals surface area contributed by atoms with Crippen LogP contribution in [0.2, 0.25) is 0 Å². The van der Waals surface area contributed by atoms with Gasteiger partial charge in [0, 0.05) is 24.7 Å². The van der Waals surface area contributed by atoms with E-state index in [9.17, 15) is 0 Å². The van der Waals surface area contributed by atoms with Gasteiger partial charge in [0.1, 0.15) is 12.4 Å². The van der Waals surface area contributed by atoms with Crippen LogP contribution in [0.1, 0.15) is 56.0 Å². The van der Waals surface area contributed by atoms with Crippen molar-refractivity contribution in [1.82, 2.24) is 24.7 Å². The maximum absolute atomic E-state index is 6.18. The number of aryl methyl sites for hydroxylation is 2. The first-order valence-corrected chi connectivity index (χ1v) is 11.1. The third-order valence-electron chi connectivity index (χ3n) is 4.70. The second-order valence-corrected chi connectivity index (χ2v) is 8.49. The number of hydrogen-bond acceptors (Lipinski definition) is 6. The molecule has 3 aromatic rings. The van der Waals surface area contributed by atoms with Gasteiger partial charge in [0.05, 0.1) is 0 Å². The molecule has 0 saturated heterocycles. The molecule has 0 fully saturated rings. The summed E-state index contributed by atoms with van der Waals surface area (Å²) in [7, 11) is 0. The Bertz CT molecular complexity index is 891. The van der Waals surface area contributed by atoms with Gasteiger partial charge in [-0.2, -0.15) is 5.10 Å². The van der Waals surface area contributed by atoms with Crippen molar-refractivity contribution in [2.75, 3.05) is 11.6 Å². The Kier molecular flexibility index (Phi) is 7.57. The van der Waals surface area contributed by atoms with Crippen molar-refractivity contribution in [1.29, 1.82) is 0 Å². The van der Waals surface area contributed by atoms with Gasteiger partial charge >= 0.3 is 0 Å². The lowest BCUT2D eigenvalue weighted by atomic mass is 10.0. The molecule has 0 aliphatic heterocycles. The third-order valence-corrected chi connectivity index (χ3v) is 5.73. The molecule has 0 saturated carbocycles. The number of benzene rings is 1. The molecule has 0 atom stereocenters. The first-order valence-electron chi connectivity index (χ1n) is 10.1. The summed E-state index contributed by atoms with van der Waals surface area (Å²) >= 11 is 1.63. The molecular weight excluding hydrogens is 384 g/mol. The summed E-state index contributed by atoms with van der Waals surface area (Å²) in [6, 6.07) is 8.24. The summed E-state index contributed by atoms with van der Waals surface area (Å²) < 4.78 is 9.54. The van der Waals surface area contributed by atoms with Gasteiger partial charge in [0.2, 0.25) is 5.16 Å². The van der Waals surface area contributed by atoms with Crippen molar-refractivity contribution in [3.63, 3.8) is 0 Å². The van der Waals surface area contributed by atoms with Crippen molar-refractivity contribution in [3.05, 3.63) is 53.6 Å². The predicted octanol–water partition coefficient (Wildman–Crippen LogP) is 4.16. The topological polar surface area (TPSA) is 83.8 Å². The quantitative estimate of drug-likeness (QED) is 0.288. The van der Waals surface area contributed by atoms with Crippen molar-refractivity contribution in [3.8, 4) is 5.75 Å². The van der Waals surface area contributed by atoms with Crippen LogP contribution in [0, 0.1) is 6.92 Å². The van der Waals surface area contributed by atoms with E-state index in [1.54, 1.807) is 16.4 Å². The maximum Gasteiger partial charge on any atom is 0.209 e. The van der Waals surface area contributed by atoms with Crippen molar-refractivity contribution in [2.45, 2.75) is 64.3 Å². The third kappa shape index (κ3) is 6.00. The molecule has 8 heteroatoms. The molecule has 7 nitrogen and oxygen atoms in total. The summed E-state index contributed by atoms with van der Waals surface area (Å²) in [6.07, 6.45) is 7.17. The molecule has 0 aliphatic rings. The zero-order valence-corrected chi connectivity index (χ0v) is 18.2. The molecule has 3 rings (SSSR count). The smallest absolute Gasteiger partial charge is 0.209 e. The van der Waals surface area contributed by atoms with Gasteiger partial charge in [0.25, 0.3) is 0 Å². The Balaban J connectivity index is 1.45. The second kappa shape index (κ2) is 10.3. The van der Waals surface area contributed by atoms with E-state index < -0.39 is 0 Å². The highest BCUT2D eigenvalue weighted by molar-refractivity contribution is 7.99. The minimum Gasteiger partial charge on any atom is -0.485 e. The number of unbranched alkanes of at least 4 members (excludes halogenated alkanes) is 2. The number of ether oxygens (including phenoxy) is 1. The maximum atomic E-state index is 6.18. The van der Waals surface area contributed by atoms with E-state index in [0.717, 1.165) is 42.5 Å². The normalized spacial score (nSPS) is 11.3. The predicted molar refractivity (Wildman–Crippen MR) is 117 cm³/mol. The summed E-state index contributed by atoms with van der Waals surface area (Å²) in [5.74, 6) is 9.04. The molecule has 2 heterocycles. The zero-order chi connectivity index (χ0) is 20.6. The Morgan fingerprint density at radius 3 is 2.79 bits per heavy atom. The van der Waals surface area contributed by atoms with Gasteiger partial charge in [-0.1, -0.05) is 44.2 Å². The number of nitrogens with zero attached hydrogens (tertiary/aromatic N) is 5. The van der Waals surface area contributed by atoms with E-state index >= 15 is 0 Å². The van der Waals surface area contributed by atoms with Crippen LogP contribution in [-0.2, 0) is 13.2 Å². The van der Waals surface area contributed by atoms with Crippen LogP contribution in [0.4, 0.5) is 0 Å². The van der Waals surface area contributed by atoms with Crippen LogP contribution in [0.25, 0.3) is 0 Å². The molecule has 1 aromatic carbocycles. The average Bonchev–Trinajstić information content (AvgIpc) is 3.33. The number of rotatable bonds is 11. The van der Waals surface area contributed by atoms with Gasteiger partial charge in [-0.05, 0) is 48.9 Å². The van der Waals surface area contributed by atoms with Gasteiger partial charge in [-0.15, -0.1) is 10.2 Å². The highest BCUT2D eigenvalue weighted by Gasteiger charge is 2.13. The van der Waals surface area contributed by atoms with E-state index in [4.69, 9.17) is 10.6 Å². The van der Waals surface area contributed by atoms with Crippen LogP contribution in [0.15, 0.2) is 41.8 Å². The molecule has 156 valence electrons. The fourth-order valence-corrected chi connectivity index (χ4v) is 3.91. The number of hydrogen-bond donors (Lipinski definition) is 1. The van der Waals surface area contributed by atoms with Crippen LogP contribution in [0.3, 0.4) is 0 Å². The van der Waals surface area contributed by atoms with E-state index in [-0.39, 0.29) is 0 Å². The SMILES string of the molecule is Cc1ccc(C(C)C)c(OCc2nnc(SCCCCCn3cccn3)n2N)c1. The lowest BCUT2D eigenvalue weighted by Crippen LogP contribution is -2.16. The minimum absolute atomic E-state index is 0.303. The Hall–Kier alpha value is -2.48. The fraction of sp³-hybridized carbons (Fsp3) is 0.476. The van der Waals surface area contributed by atoms with Gasteiger partial charge in [-0.25, -0.2) is 4.68 Å². The van der Waals surface area contributed by atoms with Crippen LogP contribution in [0.5, 0.6) is 5.75 Å². The number of nitrogens with two attached hydrogens (primary N) is 1. The molecule has 29 heavy (non-hydrogen) atoms. The number of aromatic nitrogens is 5. The molecule has 0 radical (unpaired) electrons. The molecule has 0 bridgehead atoms. The molecule has 2 N–H and O–H groups in total. The Labute approximate surface area is 176 Å². The summed E-state index contributed by atoms with van der Waals surface area (Å²) in [5, 5.41) is 13.4. The molecule has 0 unspecified atom stereocenters. The monoisotopic (exact) mass is 414 g/mol. The molecular formula is C21H30N6OS. The highest BCUT2D eigenvalue weighted by atomic mass is 32.2. The number of thioether (sulfide) groups is 1. The van der Waals surface area contributed by atoms with Gasteiger partial charge < -0.3 is 10.6 Å². The van der Waals surface area contributed by atoms with E-state index in [1.807, 2.05) is 23.1 Å². The molecule has 0 spiro atoms. The van der Waals surface area contributed by atoms with Gasteiger partial charge in [0.15, 0.2) is 5.82 Å². The first kappa shape index (κ1) is 21.2. The molecule has 0 aliphatic carbocycles. The summed E-state index contributed by atoms with van der Waals surface area (Å²) in [5.41, 5.74) is 2.35. The second-order valence-electron chi connectivity index (χ2n) is 7.43. The van der Waals surface area contributed by atoms with Crippen molar-refractivity contribution >= 4 is 11.8 Å². The van der Waals surface area contributed by atoms with Gasteiger partial charge in [-0.3, -0.25) is 4.68 Å². The lowest BCUT2D eigenvalue weighted by Gasteiger charge is -2.14. The summed E-state index contributed by atoms with van der Waals surface area (Å²) in [6.45, 7) is 7.65. The van der Waals surface area contributed by atoms with Crippen molar-refractivity contribution in [2.24, 2.45) is 0 Å². The largest absolute Gasteiger partial charge is 0.485 e. The highest BCUT2D eigenvalue weighted by Crippen LogP contribution is 2.28. The average molecular weight is 415 g/mol. The Morgan fingerprint density at radius 2 is 2.03 bits per heavy atom. The number of nitrogen functional groups attached to an aromatic ring is 1. The standard InChI is InChI=1S/C21H30N6OS/c1-16(2)18-9-8-17(3)14-19(18)28-15-20-24-25-21(27(20)22)29-13-6-4-5-11-26-12-7-10-23-26/h7-10,12,14,16H,4-6,11,13,15,22H2,1-3H3. The fourth-order valence-electron chi connectivity index (χ4n) is 3.04. The van der Waals surface area contributed by atoms with Crippen molar-refractivity contribution < 1.29 is 4.74 Å².